The second kappa shape index (κ2) is 7.09. The molecule has 0 aliphatic heterocycles. The molecule has 126 valence electrons. The summed E-state index contributed by atoms with van der Waals surface area (Å²) in [6, 6.07) is 4.34. The van der Waals surface area contributed by atoms with Gasteiger partial charge in [0.15, 0.2) is 0 Å². The number of thiazole rings is 1. The summed E-state index contributed by atoms with van der Waals surface area (Å²) in [5.41, 5.74) is 1.33. The van der Waals surface area contributed by atoms with Crippen molar-refractivity contribution in [1.29, 1.82) is 0 Å². The number of halogens is 2. The van der Waals surface area contributed by atoms with Crippen LogP contribution < -0.4 is 5.32 Å². The maximum Gasteiger partial charge on any atom is 0.326 e. The molecule has 1 fully saturated rings. The monoisotopic (exact) mass is 384 g/mol. The molecular weight excluding hydrogens is 371 g/mol. The Kier molecular flexibility index (Phi) is 5.08. The van der Waals surface area contributed by atoms with Gasteiger partial charge in [0.2, 0.25) is 5.91 Å². The summed E-state index contributed by atoms with van der Waals surface area (Å²) in [5.74, 6) is -1.28. The Morgan fingerprint density at radius 2 is 2.12 bits per heavy atom. The Labute approximate surface area is 152 Å². The van der Waals surface area contributed by atoms with Gasteiger partial charge < -0.3 is 10.4 Å². The summed E-state index contributed by atoms with van der Waals surface area (Å²) < 4.78 is 0. The predicted octanol–water partition coefficient (Wildman–Crippen LogP) is 3.64. The minimum Gasteiger partial charge on any atom is -0.480 e. The lowest BCUT2D eigenvalue weighted by molar-refractivity contribution is -0.142. The lowest BCUT2D eigenvalue weighted by Crippen LogP contribution is -2.43. The fraction of sp³-hybridized carbons (Fsp3) is 0.312. The molecule has 0 spiro atoms. The molecule has 1 aromatic carbocycles. The third-order valence-corrected chi connectivity index (χ3v) is 5.20. The second-order valence-electron chi connectivity index (χ2n) is 5.67. The molecule has 24 heavy (non-hydrogen) atoms. The molecule has 1 aromatic heterocycles. The van der Waals surface area contributed by atoms with Crippen molar-refractivity contribution in [1.82, 2.24) is 10.3 Å². The van der Waals surface area contributed by atoms with Crippen LogP contribution in [0.2, 0.25) is 10.0 Å². The van der Waals surface area contributed by atoms with E-state index in [9.17, 15) is 9.59 Å². The predicted molar refractivity (Wildman–Crippen MR) is 93.6 cm³/mol. The SMILES string of the molecule is O=C(Cc1csc(-c2ccc(Cl)cc2Cl)n1)NC(C(=O)O)C1CC1. The molecule has 8 heteroatoms. The Morgan fingerprint density at radius 3 is 2.75 bits per heavy atom. The van der Waals surface area contributed by atoms with Crippen LogP contribution in [0, 0.1) is 5.92 Å². The van der Waals surface area contributed by atoms with Gasteiger partial charge in [-0.1, -0.05) is 23.2 Å². The number of hydrogen-bond acceptors (Lipinski definition) is 4. The number of nitrogens with zero attached hydrogens (tertiary/aromatic N) is 1. The zero-order chi connectivity index (χ0) is 17.3. The van der Waals surface area contributed by atoms with Crippen molar-refractivity contribution < 1.29 is 14.7 Å². The Balaban J connectivity index is 1.67. The minimum absolute atomic E-state index is 0.0399. The first-order valence-electron chi connectivity index (χ1n) is 7.36. The molecule has 5 nitrogen and oxygen atoms in total. The molecular formula is C16H14Cl2N2O3S. The normalized spacial score (nSPS) is 15.1. The summed E-state index contributed by atoms with van der Waals surface area (Å²) in [7, 11) is 0. The van der Waals surface area contributed by atoms with Crippen LogP contribution in [0.4, 0.5) is 0 Å². The van der Waals surface area contributed by atoms with Crippen LogP contribution in [0.5, 0.6) is 0 Å². The van der Waals surface area contributed by atoms with Crippen LogP contribution in [0.3, 0.4) is 0 Å². The van der Waals surface area contributed by atoms with E-state index in [0.29, 0.717) is 20.7 Å². The van der Waals surface area contributed by atoms with E-state index >= 15 is 0 Å². The second-order valence-corrected chi connectivity index (χ2v) is 7.37. The highest BCUT2D eigenvalue weighted by molar-refractivity contribution is 7.13. The van der Waals surface area contributed by atoms with Crippen molar-refractivity contribution >= 4 is 46.4 Å². The van der Waals surface area contributed by atoms with Crippen molar-refractivity contribution in [3.8, 4) is 10.6 Å². The molecule has 1 aliphatic carbocycles. The highest BCUT2D eigenvalue weighted by Gasteiger charge is 2.37. The first-order chi connectivity index (χ1) is 11.4. The molecule has 1 aliphatic rings. The van der Waals surface area contributed by atoms with Gasteiger partial charge in [0.05, 0.1) is 17.1 Å². The summed E-state index contributed by atoms with van der Waals surface area (Å²) in [4.78, 5) is 27.6. The van der Waals surface area contributed by atoms with Gasteiger partial charge in [-0.3, -0.25) is 4.79 Å². The Bertz CT molecular complexity index is 789. The molecule has 0 saturated heterocycles. The van der Waals surface area contributed by atoms with Crippen LogP contribution in [0.25, 0.3) is 10.6 Å². The molecule has 3 rings (SSSR count). The number of nitrogens with one attached hydrogen (secondary N) is 1. The Morgan fingerprint density at radius 1 is 1.38 bits per heavy atom. The number of aliphatic carboxylic acids is 1. The summed E-state index contributed by atoms with van der Waals surface area (Å²) in [6.45, 7) is 0. The zero-order valence-corrected chi connectivity index (χ0v) is 14.8. The van der Waals surface area contributed by atoms with E-state index in [1.54, 1.807) is 23.6 Å². The van der Waals surface area contributed by atoms with Crippen molar-refractivity contribution in [3.63, 3.8) is 0 Å². The van der Waals surface area contributed by atoms with E-state index in [0.717, 1.165) is 18.4 Å². The van der Waals surface area contributed by atoms with Crippen LogP contribution in [-0.4, -0.2) is 28.0 Å². The van der Waals surface area contributed by atoms with Gasteiger partial charge in [-0.25, -0.2) is 9.78 Å². The van der Waals surface area contributed by atoms with E-state index in [2.05, 4.69) is 10.3 Å². The smallest absolute Gasteiger partial charge is 0.326 e. The molecule has 1 amide bonds. The number of carboxylic acid groups (broad SMARTS) is 1. The van der Waals surface area contributed by atoms with Gasteiger partial charge in [-0.2, -0.15) is 0 Å². The Hall–Kier alpha value is -1.63. The maximum atomic E-state index is 12.1. The molecule has 0 radical (unpaired) electrons. The number of benzene rings is 1. The van der Waals surface area contributed by atoms with Crippen molar-refractivity contribution in [2.75, 3.05) is 0 Å². The van der Waals surface area contributed by atoms with Crippen LogP contribution in [-0.2, 0) is 16.0 Å². The van der Waals surface area contributed by atoms with Gasteiger partial charge in [0, 0.05) is 16.0 Å². The summed E-state index contributed by atoms with van der Waals surface area (Å²) in [6.07, 6.45) is 1.72. The third kappa shape index (κ3) is 4.06. The minimum atomic E-state index is -0.988. The molecule has 2 aromatic rings. The largest absolute Gasteiger partial charge is 0.480 e. The van der Waals surface area contributed by atoms with E-state index in [1.165, 1.54) is 11.3 Å². The quantitative estimate of drug-likeness (QED) is 0.796. The van der Waals surface area contributed by atoms with E-state index < -0.39 is 12.0 Å². The highest BCUT2D eigenvalue weighted by Crippen LogP contribution is 2.33. The fourth-order valence-electron chi connectivity index (χ4n) is 2.37. The highest BCUT2D eigenvalue weighted by atomic mass is 35.5. The van der Waals surface area contributed by atoms with Crippen LogP contribution in [0.15, 0.2) is 23.6 Å². The average Bonchev–Trinajstić information content (AvgIpc) is 3.25. The number of hydrogen-bond donors (Lipinski definition) is 2. The number of aromatic nitrogens is 1. The van der Waals surface area contributed by atoms with Gasteiger partial charge in [-0.15, -0.1) is 11.3 Å². The van der Waals surface area contributed by atoms with E-state index in [4.69, 9.17) is 28.3 Å². The topological polar surface area (TPSA) is 79.3 Å². The number of carbonyl (C=O) groups excluding carboxylic acids is 1. The number of carboxylic acids is 1. The standard InChI is InChI=1S/C16H14Cl2N2O3S/c17-9-3-4-11(12(18)5-9)15-19-10(7-24-15)6-13(21)20-14(16(22)23)8-1-2-8/h3-5,7-8,14H,1-2,6H2,(H,20,21)(H,22,23). The first-order valence-corrected chi connectivity index (χ1v) is 8.99. The third-order valence-electron chi connectivity index (χ3n) is 3.73. The van der Waals surface area contributed by atoms with Crippen molar-refractivity contribution in [2.24, 2.45) is 5.92 Å². The molecule has 0 bridgehead atoms. The molecule has 1 unspecified atom stereocenters. The van der Waals surface area contributed by atoms with Crippen LogP contribution in [0.1, 0.15) is 18.5 Å². The van der Waals surface area contributed by atoms with Gasteiger partial charge in [0.1, 0.15) is 11.0 Å². The maximum absolute atomic E-state index is 12.1. The molecule has 1 saturated carbocycles. The van der Waals surface area contributed by atoms with E-state index in [-0.39, 0.29) is 18.2 Å². The van der Waals surface area contributed by atoms with E-state index in [1.807, 2.05) is 0 Å². The fourth-order valence-corrected chi connectivity index (χ4v) is 3.79. The van der Waals surface area contributed by atoms with Gasteiger partial charge >= 0.3 is 5.97 Å². The van der Waals surface area contributed by atoms with Crippen LogP contribution >= 0.6 is 34.5 Å². The number of carbonyl (C=O) groups is 2. The van der Waals surface area contributed by atoms with Crippen molar-refractivity contribution in [3.05, 3.63) is 39.3 Å². The molecule has 2 N–H and O–H groups in total. The van der Waals surface area contributed by atoms with Gasteiger partial charge in [-0.05, 0) is 37.0 Å². The first kappa shape index (κ1) is 17.2. The molecule has 1 heterocycles. The molecule has 1 atom stereocenters. The average molecular weight is 385 g/mol. The zero-order valence-electron chi connectivity index (χ0n) is 12.5. The number of amides is 1. The lowest BCUT2D eigenvalue weighted by Gasteiger charge is -2.12. The summed E-state index contributed by atoms with van der Waals surface area (Å²) >= 11 is 13.4. The van der Waals surface area contributed by atoms with Crippen molar-refractivity contribution in [2.45, 2.75) is 25.3 Å². The summed E-state index contributed by atoms with van der Waals surface area (Å²) in [5, 5.41) is 15.2. The lowest BCUT2D eigenvalue weighted by atomic mass is 10.2. The van der Waals surface area contributed by atoms with Gasteiger partial charge in [0.25, 0.3) is 0 Å². The number of rotatable bonds is 6.